The van der Waals surface area contributed by atoms with Crippen LogP contribution in [0.25, 0.3) is 0 Å². The predicted molar refractivity (Wildman–Crippen MR) is 91.7 cm³/mol. The van der Waals surface area contributed by atoms with Crippen LogP contribution in [0.2, 0.25) is 0 Å². The Morgan fingerprint density at radius 3 is 2.37 bits per heavy atom. The number of carbonyl (C=O) groups is 2. The Morgan fingerprint density at radius 2 is 1.74 bits per heavy atom. The van der Waals surface area contributed by atoms with Crippen LogP contribution < -0.4 is 10.6 Å². The predicted octanol–water partition coefficient (Wildman–Crippen LogP) is 1.22. The number of nitrogens with zero attached hydrogens (tertiary/aromatic N) is 1. The largest absolute Gasteiger partial charge is 0.346 e. The molecular formula is C16H20F3N3O4S. The molecule has 1 fully saturated rings. The summed E-state index contributed by atoms with van der Waals surface area (Å²) in [5, 5.41) is 4.07. The molecule has 0 aliphatic carbocycles. The number of benzene rings is 1. The van der Waals surface area contributed by atoms with Crippen LogP contribution in [-0.4, -0.2) is 49.9 Å². The quantitative estimate of drug-likeness (QED) is 0.694. The van der Waals surface area contributed by atoms with E-state index in [2.05, 4.69) is 5.32 Å². The third-order valence-electron chi connectivity index (χ3n) is 4.20. The highest BCUT2D eigenvalue weighted by Gasteiger charge is 2.28. The molecule has 2 amide bonds. The van der Waals surface area contributed by atoms with Crippen molar-refractivity contribution < 1.29 is 31.2 Å². The standard InChI is InChI=1S/C16H20F3N3O4S/c1-10-4-6-22(7-5-10)27(25,26)9-14(24)20-8-13(23)21-12-3-2-11(17)15(18)16(12)19/h2-3,10H,4-9H2,1H3,(H,20,24)(H,21,23). The molecule has 1 aliphatic heterocycles. The van der Waals surface area contributed by atoms with E-state index in [1.807, 2.05) is 12.2 Å². The highest BCUT2D eigenvalue weighted by Crippen LogP contribution is 2.20. The Kier molecular flexibility index (Phi) is 6.82. The maximum Gasteiger partial charge on any atom is 0.243 e. The van der Waals surface area contributed by atoms with Crippen LogP contribution in [0, 0.1) is 23.4 Å². The van der Waals surface area contributed by atoms with E-state index in [1.165, 1.54) is 4.31 Å². The average Bonchev–Trinajstić information content (AvgIpc) is 2.60. The first kappa shape index (κ1) is 21.2. The van der Waals surface area contributed by atoms with Crippen molar-refractivity contribution >= 4 is 27.5 Å². The lowest BCUT2D eigenvalue weighted by Crippen LogP contribution is -2.44. The number of anilines is 1. The number of carbonyl (C=O) groups excluding carboxylic acids is 2. The molecule has 0 atom stereocenters. The molecule has 0 bridgehead atoms. The zero-order valence-corrected chi connectivity index (χ0v) is 15.4. The second-order valence-corrected chi connectivity index (χ2v) is 8.35. The van der Waals surface area contributed by atoms with Gasteiger partial charge in [0, 0.05) is 13.1 Å². The van der Waals surface area contributed by atoms with Gasteiger partial charge in [-0.15, -0.1) is 0 Å². The molecular weight excluding hydrogens is 387 g/mol. The smallest absolute Gasteiger partial charge is 0.243 e. The fraction of sp³-hybridized carbons (Fsp3) is 0.500. The molecule has 1 saturated heterocycles. The van der Waals surface area contributed by atoms with Gasteiger partial charge in [0.15, 0.2) is 17.5 Å². The minimum atomic E-state index is -3.79. The Hall–Kier alpha value is -2.14. The Balaban J connectivity index is 1.84. The first-order valence-corrected chi connectivity index (χ1v) is 9.89. The monoisotopic (exact) mass is 407 g/mol. The van der Waals surface area contributed by atoms with Crippen molar-refractivity contribution in [2.24, 2.45) is 5.92 Å². The van der Waals surface area contributed by atoms with Crippen molar-refractivity contribution in [1.82, 2.24) is 9.62 Å². The molecule has 0 unspecified atom stereocenters. The second kappa shape index (κ2) is 8.70. The van der Waals surface area contributed by atoms with Crippen molar-refractivity contribution in [2.45, 2.75) is 19.8 Å². The van der Waals surface area contributed by atoms with E-state index in [1.54, 1.807) is 0 Å². The minimum absolute atomic E-state index is 0.340. The van der Waals surface area contributed by atoms with Gasteiger partial charge in [0.2, 0.25) is 21.8 Å². The van der Waals surface area contributed by atoms with Gasteiger partial charge in [0.05, 0.1) is 12.2 Å². The number of sulfonamides is 1. The van der Waals surface area contributed by atoms with E-state index < -0.39 is 57.3 Å². The van der Waals surface area contributed by atoms with Crippen molar-refractivity contribution in [2.75, 3.05) is 30.7 Å². The Labute approximate surface area is 155 Å². The third-order valence-corrected chi connectivity index (χ3v) is 5.98. The summed E-state index contributed by atoms with van der Waals surface area (Å²) in [5.74, 6) is -6.92. The summed E-state index contributed by atoms with van der Waals surface area (Å²) >= 11 is 0. The molecule has 0 aromatic heterocycles. The maximum atomic E-state index is 13.5. The summed E-state index contributed by atoms with van der Waals surface area (Å²) in [4.78, 5) is 23.5. The number of piperidine rings is 1. The third kappa shape index (κ3) is 5.67. The summed E-state index contributed by atoms with van der Waals surface area (Å²) in [5.41, 5.74) is -0.594. The van der Waals surface area contributed by atoms with Crippen LogP contribution in [-0.2, 0) is 19.6 Å². The SMILES string of the molecule is CC1CCN(S(=O)(=O)CC(=O)NCC(=O)Nc2ccc(F)c(F)c2F)CC1. The molecule has 2 rings (SSSR count). The molecule has 0 radical (unpaired) electrons. The molecule has 1 heterocycles. The van der Waals surface area contributed by atoms with Crippen LogP contribution in [0.15, 0.2) is 12.1 Å². The van der Waals surface area contributed by atoms with Crippen molar-refractivity contribution in [3.63, 3.8) is 0 Å². The number of halogens is 3. The van der Waals surface area contributed by atoms with E-state index in [-0.39, 0.29) is 0 Å². The second-order valence-electron chi connectivity index (χ2n) is 6.39. The van der Waals surface area contributed by atoms with Gasteiger partial charge in [-0.1, -0.05) is 6.92 Å². The number of nitrogens with one attached hydrogen (secondary N) is 2. The fourth-order valence-corrected chi connectivity index (χ4v) is 3.95. The van der Waals surface area contributed by atoms with Crippen LogP contribution in [0.5, 0.6) is 0 Å². The van der Waals surface area contributed by atoms with Crippen molar-refractivity contribution in [1.29, 1.82) is 0 Å². The Morgan fingerprint density at radius 1 is 1.11 bits per heavy atom. The van der Waals surface area contributed by atoms with E-state index in [0.717, 1.165) is 6.07 Å². The van der Waals surface area contributed by atoms with Gasteiger partial charge in [-0.05, 0) is 30.9 Å². The summed E-state index contributed by atoms with van der Waals surface area (Å²) in [6, 6.07) is 1.47. The zero-order chi connectivity index (χ0) is 20.2. The molecule has 0 spiro atoms. The lowest BCUT2D eigenvalue weighted by Gasteiger charge is -2.29. The van der Waals surface area contributed by atoms with Gasteiger partial charge >= 0.3 is 0 Å². The summed E-state index contributed by atoms with van der Waals surface area (Å²) in [6.45, 7) is 2.05. The molecule has 7 nitrogen and oxygen atoms in total. The van der Waals surface area contributed by atoms with Gasteiger partial charge in [0.25, 0.3) is 0 Å². The lowest BCUT2D eigenvalue weighted by molar-refractivity contribution is -0.122. The van der Waals surface area contributed by atoms with Gasteiger partial charge in [-0.3, -0.25) is 9.59 Å². The molecule has 2 N–H and O–H groups in total. The Bertz CT molecular complexity index is 824. The van der Waals surface area contributed by atoms with E-state index in [0.29, 0.717) is 37.9 Å². The topological polar surface area (TPSA) is 95.6 Å². The van der Waals surface area contributed by atoms with Gasteiger partial charge in [0.1, 0.15) is 5.75 Å². The van der Waals surface area contributed by atoms with Gasteiger partial charge in [-0.2, -0.15) is 0 Å². The first-order chi connectivity index (χ1) is 12.6. The molecule has 1 aromatic rings. The van der Waals surface area contributed by atoms with E-state index in [9.17, 15) is 31.2 Å². The normalized spacial score (nSPS) is 16.1. The van der Waals surface area contributed by atoms with Crippen LogP contribution in [0.3, 0.4) is 0 Å². The molecule has 27 heavy (non-hydrogen) atoms. The van der Waals surface area contributed by atoms with Crippen LogP contribution in [0.1, 0.15) is 19.8 Å². The highest BCUT2D eigenvalue weighted by molar-refractivity contribution is 7.89. The average molecular weight is 407 g/mol. The van der Waals surface area contributed by atoms with Crippen molar-refractivity contribution in [3.8, 4) is 0 Å². The van der Waals surface area contributed by atoms with Gasteiger partial charge < -0.3 is 10.6 Å². The molecule has 1 aromatic carbocycles. The summed E-state index contributed by atoms with van der Waals surface area (Å²) < 4.78 is 65.0. The summed E-state index contributed by atoms with van der Waals surface area (Å²) in [6.07, 6.45) is 1.42. The van der Waals surface area contributed by atoms with E-state index >= 15 is 0 Å². The lowest BCUT2D eigenvalue weighted by atomic mass is 10.0. The zero-order valence-electron chi connectivity index (χ0n) is 14.6. The van der Waals surface area contributed by atoms with Crippen molar-refractivity contribution in [3.05, 3.63) is 29.6 Å². The molecule has 1 aliphatic rings. The number of amides is 2. The molecule has 0 saturated carbocycles. The number of rotatable bonds is 6. The number of hydrogen-bond acceptors (Lipinski definition) is 4. The molecule has 11 heteroatoms. The minimum Gasteiger partial charge on any atom is -0.346 e. The summed E-state index contributed by atoms with van der Waals surface area (Å²) in [7, 11) is -3.79. The first-order valence-electron chi connectivity index (χ1n) is 8.28. The fourth-order valence-electron chi connectivity index (χ4n) is 2.57. The van der Waals surface area contributed by atoms with Crippen LogP contribution in [0.4, 0.5) is 18.9 Å². The maximum absolute atomic E-state index is 13.5. The highest BCUT2D eigenvalue weighted by atomic mass is 32.2. The van der Waals surface area contributed by atoms with E-state index in [4.69, 9.17) is 0 Å². The van der Waals surface area contributed by atoms with Crippen LogP contribution >= 0.6 is 0 Å². The van der Waals surface area contributed by atoms with Gasteiger partial charge in [-0.25, -0.2) is 25.9 Å². The number of hydrogen-bond donors (Lipinski definition) is 2. The molecule has 150 valence electrons.